The van der Waals surface area contributed by atoms with Crippen molar-refractivity contribution in [3.63, 3.8) is 0 Å². The average molecular weight is 256 g/mol. The largest absolute Gasteiger partial charge is 0.393 e. The van der Waals surface area contributed by atoms with E-state index in [1.54, 1.807) is 19.1 Å². The molecule has 1 rings (SSSR count). The van der Waals surface area contributed by atoms with Crippen LogP contribution in [0.2, 0.25) is 5.02 Å². The van der Waals surface area contributed by atoms with Gasteiger partial charge in [-0.15, -0.1) is 0 Å². The quantitative estimate of drug-likeness (QED) is 0.766. The monoisotopic (exact) mass is 255 g/mol. The molecule has 0 saturated carbocycles. The SMILES string of the molecule is CC(O)CCCNC(=O)Cc1cccc(Cl)c1. The van der Waals surface area contributed by atoms with Gasteiger partial charge < -0.3 is 10.4 Å². The standard InChI is InChI=1S/C13H18ClNO2/c1-10(16)4-3-7-15-13(17)9-11-5-2-6-12(14)8-11/h2,5-6,8,10,16H,3-4,7,9H2,1H3,(H,15,17). The molecule has 1 atom stereocenters. The number of hydrogen-bond acceptors (Lipinski definition) is 2. The van der Waals surface area contributed by atoms with Gasteiger partial charge >= 0.3 is 0 Å². The van der Waals surface area contributed by atoms with Gasteiger partial charge in [0.05, 0.1) is 12.5 Å². The number of benzene rings is 1. The van der Waals surface area contributed by atoms with Crippen molar-refractivity contribution in [2.24, 2.45) is 0 Å². The van der Waals surface area contributed by atoms with Crippen LogP contribution in [-0.2, 0) is 11.2 Å². The molecule has 0 saturated heterocycles. The molecule has 0 fully saturated rings. The van der Waals surface area contributed by atoms with Crippen LogP contribution in [0.3, 0.4) is 0 Å². The van der Waals surface area contributed by atoms with Crippen molar-refractivity contribution in [2.45, 2.75) is 32.3 Å². The maximum Gasteiger partial charge on any atom is 0.224 e. The molecule has 2 N–H and O–H groups in total. The third-order valence-electron chi connectivity index (χ3n) is 2.37. The molecule has 1 amide bonds. The Bertz CT molecular complexity index is 366. The summed E-state index contributed by atoms with van der Waals surface area (Å²) in [6.45, 7) is 2.35. The molecule has 0 aromatic heterocycles. The lowest BCUT2D eigenvalue weighted by Gasteiger charge is -2.06. The number of nitrogens with one attached hydrogen (secondary N) is 1. The molecule has 0 aliphatic rings. The Balaban J connectivity index is 2.25. The first-order valence-corrected chi connectivity index (χ1v) is 6.15. The number of amides is 1. The van der Waals surface area contributed by atoms with E-state index in [4.69, 9.17) is 16.7 Å². The Labute approximate surface area is 107 Å². The van der Waals surface area contributed by atoms with Crippen molar-refractivity contribution in [2.75, 3.05) is 6.54 Å². The summed E-state index contributed by atoms with van der Waals surface area (Å²) < 4.78 is 0. The Morgan fingerprint density at radius 3 is 2.94 bits per heavy atom. The predicted octanol–water partition coefficient (Wildman–Crippen LogP) is 2.16. The van der Waals surface area contributed by atoms with E-state index in [0.29, 0.717) is 24.4 Å². The second kappa shape index (κ2) is 7.30. The molecular formula is C13H18ClNO2. The fraction of sp³-hybridized carbons (Fsp3) is 0.462. The summed E-state index contributed by atoms with van der Waals surface area (Å²) in [7, 11) is 0. The van der Waals surface area contributed by atoms with E-state index < -0.39 is 0 Å². The zero-order chi connectivity index (χ0) is 12.7. The number of aliphatic hydroxyl groups excluding tert-OH is 1. The Hall–Kier alpha value is -1.06. The van der Waals surface area contributed by atoms with Gasteiger partial charge in [-0.05, 0) is 37.5 Å². The average Bonchev–Trinajstić information content (AvgIpc) is 2.24. The summed E-state index contributed by atoms with van der Waals surface area (Å²) >= 11 is 5.83. The van der Waals surface area contributed by atoms with E-state index in [2.05, 4.69) is 5.32 Å². The molecule has 94 valence electrons. The molecule has 0 heterocycles. The van der Waals surface area contributed by atoms with Gasteiger partial charge in [0.2, 0.25) is 5.91 Å². The molecule has 3 nitrogen and oxygen atoms in total. The van der Waals surface area contributed by atoms with Gasteiger partial charge in [0, 0.05) is 11.6 Å². The van der Waals surface area contributed by atoms with E-state index >= 15 is 0 Å². The van der Waals surface area contributed by atoms with Crippen LogP contribution in [0.5, 0.6) is 0 Å². The van der Waals surface area contributed by atoms with Crippen LogP contribution in [0.25, 0.3) is 0 Å². The maximum atomic E-state index is 11.6. The molecule has 0 aliphatic heterocycles. The number of aliphatic hydroxyl groups is 1. The molecule has 0 spiro atoms. The Morgan fingerprint density at radius 1 is 1.53 bits per heavy atom. The van der Waals surface area contributed by atoms with Crippen molar-refractivity contribution in [1.82, 2.24) is 5.32 Å². The normalized spacial score (nSPS) is 12.2. The lowest BCUT2D eigenvalue weighted by atomic mass is 10.1. The lowest BCUT2D eigenvalue weighted by molar-refractivity contribution is -0.120. The van der Waals surface area contributed by atoms with Crippen LogP contribution < -0.4 is 5.32 Å². The first-order chi connectivity index (χ1) is 8.08. The number of carbonyl (C=O) groups excluding carboxylic acids is 1. The minimum atomic E-state index is -0.306. The number of carbonyl (C=O) groups is 1. The van der Waals surface area contributed by atoms with Crippen molar-refractivity contribution in [3.05, 3.63) is 34.9 Å². The summed E-state index contributed by atoms with van der Waals surface area (Å²) in [6.07, 6.45) is 1.53. The second-order valence-electron chi connectivity index (χ2n) is 4.15. The van der Waals surface area contributed by atoms with Gasteiger partial charge in [-0.3, -0.25) is 4.79 Å². The topological polar surface area (TPSA) is 49.3 Å². The first-order valence-electron chi connectivity index (χ1n) is 5.77. The molecule has 0 bridgehead atoms. The number of halogens is 1. The summed E-state index contributed by atoms with van der Waals surface area (Å²) in [5, 5.41) is 12.5. The maximum absolute atomic E-state index is 11.6. The lowest BCUT2D eigenvalue weighted by Crippen LogP contribution is -2.26. The van der Waals surface area contributed by atoms with E-state index in [-0.39, 0.29) is 12.0 Å². The van der Waals surface area contributed by atoms with Crippen LogP contribution in [-0.4, -0.2) is 23.7 Å². The fourth-order valence-corrected chi connectivity index (χ4v) is 1.73. The minimum absolute atomic E-state index is 0.0159. The van der Waals surface area contributed by atoms with Gasteiger partial charge in [-0.1, -0.05) is 23.7 Å². The van der Waals surface area contributed by atoms with E-state index in [0.717, 1.165) is 12.0 Å². The summed E-state index contributed by atoms with van der Waals surface area (Å²) in [4.78, 5) is 11.6. The highest BCUT2D eigenvalue weighted by Gasteiger charge is 2.03. The fourth-order valence-electron chi connectivity index (χ4n) is 1.52. The molecule has 0 radical (unpaired) electrons. The van der Waals surface area contributed by atoms with Crippen LogP contribution >= 0.6 is 11.6 Å². The van der Waals surface area contributed by atoms with Crippen molar-refractivity contribution < 1.29 is 9.90 Å². The van der Waals surface area contributed by atoms with Crippen LogP contribution in [0.4, 0.5) is 0 Å². The van der Waals surface area contributed by atoms with Gasteiger partial charge in [0.15, 0.2) is 0 Å². The number of rotatable bonds is 6. The molecule has 1 aromatic carbocycles. The molecule has 4 heteroatoms. The summed E-state index contributed by atoms with van der Waals surface area (Å²) in [5.74, 6) is -0.0159. The Kier molecular flexibility index (Phi) is 6.01. The zero-order valence-corrected chi connectivity index (χ0v) is 10.7. The van der Waals surface area contributed by atoms with Crippen LogP contribution in [0, 0.1) is 0 Å². The van der Waals surface area contributed by atoms with Crippen molar-refractivity contribution >= 4 is 17.5 Å². The van der Waals surface area contributed by atoms with E-state index in [1.807, 2.05) is 12.1 Å². The van der Waals surface area contributed by atoms with Gasteiger partial charge in [0.1, 0.15) is 0 Å². The smallest absolute Gasteiger partial charge is 0.224 e. The summed E-state index contributed by atoms with van der Waals surface area (Å²) in [5.41, 5.74) is 0.908. The highest BCUT2D eigenvalue weighted by Crippen LogP contribution is 2.10. The van der Waals surface area contributed by atoms with Crippen LogP contribution in [0.1, 0.15) is 25.3 Å². The van der Waals surface area contributed by atoms with Gasteiger partial charge in [-0.25, -0.2) is 0 Å². The van der Waals surface area contributed by atoms with Crippen molar-refractivity contribution in [3.8, 4) is 0 Å². The van der Waals surface area contributed by atoms with Gasteiger partial charge in [-0.2, -0.15) is 0 Å². The van der Waals surface area contributed by atoms with Crippen molar-refractivity contribution in [1.29, 1.82) is 0 Å². The Morgan fingerprint density at radius 2 is 2.29 bits per heavy atom. The van der Waals surface area contributed by atoms with Crippen LogP contribution in [0.15, 0.2) is 24.3 Å². The van der Waals surface area contributed by atoms with E-state index in [9.17, 15) is 4.79 Å². The predicted molar refractivity (Wildman–Crippen MR) is 69.1 cm³/mol. The minimum Gasteiger partial charge on any atom is -0.393 e. The first kappa shape index (κ1) is 14.0. The van der Waals surface area contributed by atoms with E-state index in [1.165, 1.54) is 0 Å². The van der Waals surface area contributed by atoms with Gasteiger partial charge in [0.25, 0.3) is 0 Å². The number of hydrogen-bond donors (Lipinski definition) is 2. The third-order valence-corrected chi connectivity index (χ3v) is 2.61. The summed E-state index contributed by atoms with van der Waals surface area (Å²) in [6, 6.07) is 7.28. The highest BCUT2D eigenvalue weighted by atomic mass is 35.5. The highest BCUT2D eigenvalue weighted by molar-refractivity contribution is 6.30. The molecule has 17 heavy (non-hydrogen) atoms. The second-order valence-corrected chi connectivity index (χ2v) is 4.58. The molecule has 0 aliphatic carbocycles. The third kappa shape index (κ3) is 6.29. The molecular weight excluding hydrogens is 238 g/mol. The molecule has 1 unspecified atom stereocenters. The molecule has 1 aromatic rings. The zero-order valence-electron chi connectivity index (χ0n) is 9.95.